The molecule has 1 fully saturated rings. The minimum Gasteiger partial charge on any atom is -0.352 e. The summed E-state index contributed by atoms with van der Waals surface area (Å²) < 4.78 is 1.59. The number of amides is 1. The van der Waals surface area contributed by atoms with Crippen molar-refractivity contribution in [3.8, 4) is 0 Å². The normalized spacial score (nSPS) is 18.8. The number of nitrogens with zero attached hydrogens (tertiary/aromatic N) is 3. The highest BCUT2D eigenvalue weighted by Gasteiger charge is 2.24. The molecule has 112 valence electrons. The Labute approximate surface area is 120 Å². The van der Waals surface area contributed by atoms with Crippen molar-refractivity contribution in [1.82, 2.24) is 20.3 Å². The van der Waals surface area contributed by atoms with Crippen LogP contribution in [-0.4, -0.2) is 26.9 Å². The van der Waals surface area contributed by atoms with E-state index in [1.165, 1.54) is 19.3 Å². The first kappa shape index (κ1) is 15.0. The number of rotatable bonds is 4. The molecule has 0 spiro atoms. The van der Waals surface area contributed by atoms with Crippen LogP contribution in [-0.2, 0) is 10.3 Å². The summed E-state index contributed by atoms with van der Waals surface area (Å²) in [6.07, 6.45) is 7.60. The van der Waals surface area contributed by atoms with Crippen molar-refractivity contribution in [3.05, 3.63) is 11.9 Å². The molecule has 1 aliphatic rings. The molecule has 3 N–H and O–H groups in total. The molecule has 1 amide bonds. The van der Waals surface area contributed by atoms with Gasteiger partial charge in [-0.1, -0.05) is 24.5 Å². The van der Waals surface area contributed by atoms with E-state index in [1.54, 1.807) is 10.9 Å². The fraction of sp³-hybridized carbons (Fsp3) is 0.786. The molecule has 1 heterocycles. The summed E-state index contributed by atoms with van der Waals surface area (Å²) in [5.41, 5.74) is 6.13. The molecule has 1 unspecified atom stereocenters. The Kier molecular flexibility index (Phi) is 4.42. The molecule has 1 aromatic heterocycles. The summed E-state index contributed by atoms with van der Waals surface area (Å²) >= 11 is 0. The molecule has 6 nitrogen and oxygen atoms in total. The molecule has 0 radical (unpaired) electrons. The smallest absolute Gasteiger partial charge is 0.244 e. The molecule has 6 heteroatoms. The van der Waals surface area contributed by atoms with Crippen LogP contribution in [0.2, 0.25) is 0 Å². The van der Waals surface area contributed by atoms with Gasteiger partial charge in [-0.05, 0) is 33.6 Å². The highest BCUT2D eigenvalue weighted by Crippen LogP contribution is 2.19. The first-order chi connectivity index (χ1) is 9.38. The van der Waals surface area contributed by atoms with Crippen molar-refractivity contribution < 1.29 is 4.79 Å². The topological polar surface area (TPSA) is 85.8 Å². The Morgan fingerprint density at radius 1 is 1.45 bits per heavy atom. The maximum Gasteiger partial charge on any atom is 0.244 e. The van der Waals surface area contributed by atoms with Crippen LogP contribution in [0.25, 0.3) is 0 Å². The lowest BCUT2D eigenvalue weighted by molar-refractivity contribution is -0.125. The Hall–Kier alpha value is -1.43. The van der Waals surface area contributed by atoms with Crippen molar-refractivity contribution in [2.45, 2.75) is 70.5 Å². The molecule has 0 bridgehead atoms. The van der Waals surface area contributed by atoms with Crippen molar-refractivity contribution in [2.24, 2.45) is 5.73 Å². The third-order valence-electron chi connectivity index (χ3n) is 3.90. The van der Waals surface area contributed by atoms with Crippen LogP contribution >= 0.6 is 0 Å². The van der Waals surface area contributed by atoms with E-state index in [9.17, 15) is 4.79 Å². The molecule has 1 aromatic rings. The van der Waals surface area contributed by atoms with E-state index in [0.29, 0.717) is 11.7 Å². The summed E-state index contributed by atoms with van der Waals surface area (Å²) in [5, 5.41) is 11.2. The van der Waals surface area contributed by atoms with Gasteiger partial charge in [-0.2, -0.15) is 0 Å². The van der Waals surface area contributed by atoms with Gasteiger partial charge in [0.2, 0.25) is 5.91 Å². The molecule has 1 aliphatic carbocycles. The van der Waals surface area contributed by atoms with Crippen LogP contribution in [0.1, 0.15) is 64.6 Å². The average Bonchev–Trinajstić information content (AvgIpc) is 2.88. The van der Waals surface area contributed by atoms with E-state index >= 15 is 0 Å². The monoisotopic (exact) mass is 279 g/mol. The predicted octanol–water partition coefficient (Wildman–Crippen LogP) is 1.48. The van der Waals surface area contributed by atoms with Crippen LogP contribution in [0.15, 0.2) is 6.20 Å². The number of nitrogens with two attached hydrogens (primary N) is 1. The zero-order valence-corrected chi connectivity index (χ0v) is 12.6. The number of carbonyl (C=O) groups excluding carboxylic acids is 1. The van der Waals surface area contributed by atoms with Crippen LogP contribution in [0.4, 0.5) is 0 Å². The quantitative estimate of drug-likeness (QED) is 0.874. The summed E-state index contributed by atoms with van der Waals surface area (Å²) in [6, 6.07) is -0.0480. The summed E-state index contributed by atoms with van der Waals surface area (Å²) in [7, 11) is 0. The second-order valence-electron chi connectivity index (χ2n) is 6.32. The van der Waals surface area contributed by atoms with Crippen LogP contribution < -0.4 is 11.1 Å². The zero-order chi connectivity index (χ0) is 14.8. The third-order valence-corrected chi connectivity index (χ3v) is 3.90. The fourth-order valence-electron chi connectivity index (χ4n) is 2.45. The second-order valence-corrected chi connectivity index (χ2v) is 6.32. The highest BCUT2D eigenvalue weighted by molar-refractivity contribution is 5.80. The van der Waals surface area contributed by atoms with E-state index in [1.807, 2.05) is 20.8 Å². The molecule has 20 heavy (non-hydrogen) atoms. The van der Waals surface area contributed by atoms with Gasteiger partial charge in [0, 0.05) is 6.04 Å². The van der Waals surface area contributed by atoms with Gasteiger partial charge >= 0.3 is 0 Å². The van der Waals surface area contributed by atoms with Gasteiger partial charge in [0.15, 0.2) is 0 Å². The predicted molar refractivity (Wildman–Crippen MR) is 77.0 cm³/mol. The lowest BCUT2D eigenvalue weighted by atomic mass is 9.95. The van der Waals surface area contributed by atoms with E-state index in [-0.39, 0.29) is 11.9 Å². The van der Waals surface area contributed by atoms with Crippen LogP contribution in [0, 0.1) is 0 Å². The molecule has 0 saturated heterocycles. The number of aromatic nitrogens is 3. The van der Waals surface area contributed by atoms with Gasteiger partial charge in [-0.3, -0.25) is 4.79 Å². The van der Waals surface area contributed by atoms with E-state index in [0.717, 1.165) is 12.8 Å². The third kappa shape index (κ3) is 3.56. The Morgan fingerprint density at radius 2 is 2.10 bits per heavy atom. The number of carbonyl (C=O) groups is 1. The largest absolute Gasteiger partial charge is 0.352 e. The maximum atomic E-state index is 12.2. The number of hydrogen-bond donors (Lipinski definition) is 2. The van der Waals surface area contributed by atoms with Gasteiger partial charge in [0.25, 0.3) is 0 Å². The van der Waals surface area contributed by atoms with Crippen molar-refractivity contribution in [3.63, 3.8) is 0 Å². The molecule has 0 aliphatic heterocycles. The molecular weight excluding hydrogens is 254 g/mol. The van der Waals surface area contributed by atoms with Gasteiger partial charge in [0.05, 0.1) is 11.7 Å². The van der Waals surface area contributed by atoms with Gasteiger partial charge in [0.1, 0.15) is 11.7 Å². The Morgan fingerprint density at radius 3 is 2.65 bits per heavy atom. The maximum absolute atomic E-state index is 12.2. The van der Waals surface area contributed by atoms with Crippen LogP contribution in [0.3, 0.4) is 0 Å². The summed E-state index contributed by atoms with van der Waals surface area (Å²) in [4.78, 5) is 12.2. The van der Waals surface area contributed by atoms with E-state index < -0.39 is 5.54 Å². The van der Waals surface area contributed by atoms with Crippen LogP contribution in [0.5, 0.6) is 0 Å². The molecule has 1 atom stereocenters. The zero-order valence-electron chi connectivity index (χ0n) is 12.6. The highest BCUT2D eigenvalue weighted by atomic mass is 16.2. The standard InChI is InChI=1S/C14H25N5O/c1-10(13(20)16-11-7-5-4-6-8-11)19-9-12(17-18-19)14(2,3)15/h9-11H,4-8,15H2,1-3H3,(H,16,20). The lowest BCUT2D eigenvalue weighted by Crippen LogP contribution is -2.40. The van der Waals surface area contributed by atoms with E-state index in [2.05, 4.69) is 15.6 Å². The SMILES string of the molecule is CC(C(=O)NC1CCCCC1)n1cc(C(C)(C)N)nn1. The first-order valence-electron chi connectivity index (χ1n) is 7.39. The Bertz CT molecular complexity index is 456. The molecule has 0 aromatic carbocycles. The molecule has 2 rings (SSSR count). The van der Waals surface area contributed by atoms with Crippen molar-refractivity contribution in [2.75, 3.05) is 0 Å². The molecule has 1 saturated carbocycles. The summed E-state index contributed by atoms with van der Waals surface area (Å²) in [6.45, 7) is 5.57. The molecular formula is C14H25N5O. The lowest BCUT2D eigenvalue weighted by Gasteiger charge is -2.24. The minimum absolute atomic E-state index is 0.00294. The van der Waals surface area contributed by atoms with Gasteiger partial charge < -0.3 is 11.1 Å². The minimum atomic E-state index is -0.544. The Balaban J connectivity index is 1.97. The van der Waals surface area contributed by atoms with Crippen molar-refractivity contribution >= 4 is 5.91 Å². The van der Waals surface area contributed by atoms with E-state index in [4.69, 9.17) is 5.73 Å². The average molecular weight is 279 g/mol. The second kappa shape index (κ2) is 5.91. The van der Waals surface area contributed by atoms with Gasteiger partial charge in [-0.25, -0.2) is 4.68 Å². The van der Waals surface area contributed by atoms with Crippen molar-refractivity contribution in [1.29, 1.82) is 0 Å². The number of hydrogen-bond acceptors (Lipinski definition) is 4. The van der Waals surface area contributed by atoms with Gasteiger partial charge in [-0.15, -0.1) is 5.10 Å². The fourth-order valence-corrected chi connectivity index (χ4v) is 2.45. The number of nitrogens with one attached hydrogen (secondary N) is 1. The summed E-state index contributed by atoms with van der Waals surface area (Å²) in [5.74, 6) is 0.00294. The first-order valence-corrected chi connectivity index (χ1v) is 7.39.